The van der Waals surface area contributed by atoms with Gasteiger partial charge >= 0.3 is 5.97 Å². The Hall–Kier alpha value is -5.52. The van der Waals surface area contributed by atoms with Crippen LogP contribution in [-0.2, 0) is 37.1 Å². The third kappa shape index (κ3) is 16.5. The Morgan fingerprint density at radius 2 is 0.981 bits per heavy atom. The normalized spacial score (nSPS) is 9.25. The van der Waals surface area contributed by atoms with Crippen LogP contribution < -0.4 is 0 Å². The van der Waals surface area contributed by atoms with Crippen LogP contribution >= 0.6 is 0 Å². The standard InChI is InChI=1S/C15H16N2O2.C13H11N3.C10H8N2.2C2H6.Ru/c1-11-5-7-16-13(9-11)14-10-12(6-8-17-14)3-2-4-15(18)19;1-10-3-6-15-12(8-10)13-9-11(2-5-14)4-7-16-13;1-3-7-11-9(5-1)10-6-2-4-8-12-10;2*1-2;/h5-10H,2-4H2,1H3,(H,18,19);3-4,6-9H,2H2,1H3;1-8H;2*1-2H3;. The first-order valence-electron chi connectivity index (χ1n) is 17.1. The average molecular weight is 783 g/mol. The summed E-state index contributed by atoms with van der Waals surface area (Å²) in [6, 6.07) is 29.2. The zero-order chi connectivity index (χ0) is 37.3. The number of hydrogen-bond acceptors (Lipinski definition) is 8. The van der Waals surface area contributed by atoms with Gasteiger partial charge in [0.1, 0.15) is 0 Å². The van der Waals surface area contributed by atoms with Crippen LogP contribution in [0.3, 0.4) is 0 Å². The molecule has 52 heavy (non-hydrogen) atoms. The van der Waals surface area contributed by atoms with E-state index >= 15 is 0 Å². The van der Waals surface area contributed by atoms with Gasteiger partial charge in [0, 0.05) is 63.1 Å². The Morgan fingerprint density at radius 1 is 0.577 bits per heavy atom. The minimum Gasteiger partial charge on any atom is -0.481 e. The minimum atomic E-state index is -0.755. The number of hydrogen-bond donors (Lipinski definition) is 1. The van der Waals surface area contributed by atoms with E-state index in [1.165, 1.54) is 0 Å². The smallest absolute Gasteiger partial charge is 0.303 e. The molecule has 0 saturated carbocycles. The van der Waals surface area contributed by atoms with Crippen LogP contribution in [0.2, 0.25) is 0 Å². The van der Waals surface area contributed by atoms with E-state index < -0.39 is 5.97 Å². The molecule has 9 nitrogen and oxygen atoms in total. The zero-order valence-electron chi connectivity index (χ0n) is 30.7. The minimum absolute atomic E-state index is 0. The van der Waals surface area contributed by atoms with Crippen molar-refractivity contribution in [1.82, 2.24) is 29.9 Å². The first kappa shape index (κ1) is 44.5. The molecule has 0 atom stereocenters. The van der Waals surface area contributed by atoms with E-state index in [1.54, 1.807) is 37.2 Å². The molecule has 0 aliphatic rings. The Labute approximate surface area is 321 Å². The van der Waals surface area contributed by atoms with Gasteiger partial charge < -0.3 is 5.11 Å². The van der Waals surface area contributed by atoms with Crippen molar-refractivity contribution in [2.45, 2.75) is 67.2 Å². The maximum absolute atomic E-state index is 10.5. The number of aliphatic carboxylic acids is 1. The van der Waals surface area contributed by atoms with Gasteiger partial charge in [0.2, 0.25) is 0 Å². The quantitative estimate of drug-likeness (QED) is 0.150. The molecule has 0 amide bonds. The summed E-state index contributed by atoms with van der Waals surface area (Å²) in [7, 11) is 0. The molecule has 0 radical (unpaired) electrons. The van der Waals surface area contributed by atoms with Gasteiger partial charge in [0.05, 0.1) is 46.7 Å². The third-order valence-electron chi connectivity index (χ3n) is 6.74. The zero-order valence-corrected chi connectivity index (χ0v) is 32.5. The Kier molecular flexibility index (Phi) is 22.5. The van der Waals surface area contributed by atoms with Crippen LogP contribution in [-0.4, -0.2) is 41.0 Å². The summed E-state index contributed by atoms with van der Waals surface area (Å²) in [4.78, 5) is 36.0. The van der Waals surface area contributed by atoms with Crippen LogP contribution in [0.25, 0.3) is 34.2 Å². The molecule has 10 heteroatoms. The van der Waals surface area contributed by atoms with Gasteiger partial charge in [0.15, 0.2) is 0 Å². The molecule has 0 unspecified atom stereocenters. The first-order valence-corrected chi connectivity index (χ1v) is 17.1. The monoisotopic (exact) mass is 783 g/mol. The number of carboxylic acids is 1. The van der Waals surface area contributed by atoms with Crippen molar-refractivity contribution in [1.29, 1.82) is 5.26 Å². The average Bonchev–Trinajstić information content (AvgIpc) is 3.18. The summed E-state index contributed by atoms with van der Waals surface area (Å²) < 4.78 is 0. The van der Waals surface area contributed by atoms with Crippen molar-refractivity contribution >= 4 is 5.97 Å². The molecule has 0 aromatic carbocycles. The molecule has 0 saturated heterocycles. The molecule has 0 aliphatic heterocycles. The largest absolute Gasteiger partial charge is 0.481 e. The van der Waals surface area contributed by atoms with Crippen molar-refractivity contribution in [3.63, 3.8) is 0 Å². The first-order chi connectivity index (χ1) is 24.9. The van der Waals surface area contributed by atoms with Gasteiger partial charge in [-0.05, 0) is 122 Å². The molecule has 0 fully saturated rings. The van der Waals surface area contributed by atoms with Gasteiger partial charge in [-0.1, -0.05) is 39.8 Å². The fraction of sp³-hybridized carbons (Fsp3) is 0.238. The van der Waals surface area contributed by atoms with Gasteiger partial charge in [-0.3, -0.25) is 34.7 Å². The summed E-state index contributed by atoms with van der Waals surface area (Å²) in [5.74, 6) is -0.755. The van der Waals surface area contributed by atoms with E-state index in [0.717, 1.165) is 62.8 Å². The van der Waals surface area contributed by atoms with Crippen molar-refractivity contribution < 1.29 is 29.4 Å². The predicted octanol–water partition coefficient (Wildman–Crippen LogP) is 9.57. The maximum atomic E-state index is 10.5. The molecule has 6 aromatic rings. The molecule has 0 bridgehead atoms. The molecule has 1 N–H and O–H groups in total. The number of aromatic nitrogens is 6. The second kappa shape index (κ2) is 26.3. The number of nitrogens with zero attached hydrogens (tertiary/aromatic N) is 7. The number of carboxylic acid groups (broad SMARTS) is 1. The summed E-state index contributed by atoms with van der Waals surface area (Å²) in [5.41, 5.74) is 9.52. The fourth-order valence-corrected chi connectivity index (χ4v) is 4.41. The van der Waals surface area contributed by atoms with E-state index in [-0.39, 0.29) is 25.9 Å². The van der Waals surface area contributed by atoms with Gasteiger partial charge in [-0.2, -0.15) is 5.26 Å². The Morgan fingerprint density at radius 3 is 1.38 bits per heavy atom. The molecular formula is C42H47N7O2Ru. The third-order valence-corrected chi connectivity index (χ3v) is 6.74. The van der Waals surface area contributed by atoms with E-state index in [4.69, 9.17) is 10.4 Å². The molecule has 0 aliphatic carbocycles. The Bertz CT molecular complexity index is 1880. The van der Waals surface area contributed by atoms with Crippen LogP contribution in [0.15, 0.2) is 122 Å². The van der Waals surface area contributed by atoms with E-state index in [2.05, 4.69) is 36.0 Å². The number of carbonyl (C=O) groups is 1. The van der Waals surface area contributed by atoms with E-state index in [9.17, 15) is 4.79 Å². The van der Waals surface area contributed by atoms with Crippen molar-refractivity contribution in [3.05, 3.63) is 144 Å². The molecule has 6 aromatic heterocycles. The SMILES string of the molecule is CC.CC.Cc1ccnc(-c2cc(CC#N)ccn2)c1.Cc1ccnc(-c2cc(CCCC(=O)O)ccn2)c1.[Ru].c1ccc(-c2ccccn2)nc1. The fourth-order valence-electron chi connectivity index (χ4n) is 4.41. The topological polar surface area (TPSA) is 138 Å². The second-order valence-electron chi connectivity index (χ2n) is 10.5. The molecule has 6 rings (SSSR count). The number of nitriles is 1. The van der Waals surface area contributed by atoms with Crippen LogP contribution in [0.5, 0.6) is 0 Å². The molecular weight excluding hydrogens is 736 g/mol. The molecule has 6 heterocycles. The van der Waals surface area contributed by atoms with Crippen molar-refractivity contribution in [2.24, 2.45) is 0 Å². The van der Waals surface area contributed by atoms with E-state index in [1.807, 2.05) is 126 Å². The van der Waals surface area contributed by atoms with Gasteiger partial charge in [-0.25, -0.2) is 0 Å². The molecule has 270 valence electrons. The van der Waals surface area contributed by atoms with Gasteiger partial charge in [0.25, 0.3) is 0 Å². The number of aryl methyl sites for hydroxylation is 3. The van der Waals surface area contributed by atoms with Crippen molar-refractivity contribution in [3.8, 4) is 40.2 Å². The summed E-state index contributed by atoms with van der Waals surface area (Å²) in [6.07, 6.45) is 12.5. The number of rotatable bonds is 8. The second-order valence-corrected chi connectivity index (χ2v) is 10.5. The van der Waals surface area contributed by atoms with Crippen LogP contribution in [0.4, 0.5) is 0 Å². The Balaban J connectivity index is 0.000000375. The molecule has 0 spiro atoms. The summed E-state index contributed by atoms with van der Waals surface area (Å²) >= 11 is 0. The van der Waals surface area contributed by atoms with Crippen LogP contribution in [0, 0.1) is 25.2 Å². The number of pyridine rings is 6. The van der Waals surface area contributed by atoms with Gasteiger partial charge in [-0.15, -0.1) is 0 Å². The van der Waals surface area contributed by atoms with Crippen LogP contribution in [0.1, 0.15) is 62.8 Å². The van der Waals surface area contributed by atoms with Crippen molar-refractivity contribution in [2.75, 3.05) is 0 Å². The maximum Gasteiger partial charge on any atom is 0.303 e. The van der Waals surface area contributed by atoms with E-state index in [0.29, 0.717) is 12.8 Å². The summed E-state index contributed by atoms with van der Waals surface area (Å²) in [6.45, 7) is 12.0. The summed E-state index contributed by atoms with van der Waals surface area (Å²) in [5, 5.41) is 17.3. The predicted molar refractivity (Wildman–Crippen MR) is 204 cm³/mol.